The third-order valence-corrected chi connectivity index (χ3v) is 2.71. The second-order valence-electron chi connectivity index (χ2n) is 4.48. The highest BCUT2D eigenvalue weighted by Crippen LogP contribution is 2.18. The second kappa shape index (κ2) is 8.56. The summed E-state index contributed by atoms with van der Waals surface area (Å²) in [6.07, 6.45) is 1.15. The summed E-state index contributed by atoms with van der Waals surface area (Å²) in [5.41, 5.74) is 0.548. The minimum atomic E-state index is -2.96. The molecule has 0 aliphatic rings. The maximum absolute atomic E-state index is 13.0. The summed E-state index contributed by atoms with van der Waals surface area (Å²) in [6, 6.07) is 11.3. The summed E-state index contributed by atoms with van der Waals surface area (Å²) in [6.45, 7) is -3.39. The number of nitrogens with one attached hydrogen (secondary N) is 1. The number of rotatable bonds is 7. The Balaban J connectivity index is 1.85. The molecular weight excluding hydrogens is 325 g/mol. The molecule has 0 saturated heterocycles. The Morgan fingerprint density at radius 1 is 1.21 bits per heavy atom. The number of carbonyl (C=O) groups excluding carboxylic acids is 1. The lowest BCUT2D eigenvalue weighted by atomic mass is 10.2. The van der Waals surface area contributed by atoms with Crippen molar-refractivity contribution in [3.05, 3.63) is 59.9 Å². The van der Waals surface area contributed by atoms with Gasteiger partial charge in [0.05, 0.1) is 6.21 Å². The monoisotopic (exact) mass is 338 g/mol. The van der Waals surface area contributed by atoms with Crippen LogP contribution in [-0.2, 0) is 9.63 Å². The van der Waals surface area contributed by atoms with Crippen molar-refractivity contribution in [2.75, 3.05) is 11.9 Å². The maximum atomic E-state index is 13.0. The first-order chi connectivity index (χ1) is 11.5. The van der Waals surface area contributed by atoms with Crippen LogP contribution in [0.4, 0.5) is 18.9 Å². The zero-order valence-corrected chi connectivity index (χ0v) is 12.3. The van der Waals surface area contributed by atoms with E-state index >= 15 is 0 Å². The van der Waals surface area contributed by atoms with Crippen molar-refractivity contribution in [1.82, 2.24) is 0 Å². The maximum Gasteiger partial charge on any atom is 0.387 e. The molecule has 0 aliphatic carbocycles. The van der Waals surface area contributed by atoms with Crippen LogP contribution >= 0.6 is 0 Å². The molecule has 2 rings (SSSR count). The molecule has 126 valence electrons. The molecule has 0 unspecified atom stereocenters. The summed E-state index contributed by atoms with van der Waals surface area (Å²) in [7, 11) is 0. The summed E-state index contributed by atoms with van der Waals surface area (Å²) in [5, 5.41) is 5.94. The van der Waals surface area contributed by atoms with E-state index in [1.807, 2.05) is 0 Å². The van der Waals surface area contributed by atoms with Crippen molar-refractivity contribution >= 4 is 17.8 Å². The van der Waals surface area contributed by atoms with Gasteiger partial charge in [-0.1, -0.05) is 23.4 Å². The third-order valence-electron chi connectivity index (χ3n) is 2.71. The van der Waals surface area contributed by atoms with Gasteiger partial charge in [0, 0.05) is 11.3 Å². The minimum absolute atomic E-state index is 0.0657. The molecule has 0 aliphatic heterocycles. The van der Waals surface area contributed by atoms with Gasteiger partial charge in [-0.2, -0.15) is 8.78 Å². The SMILES string of the molecule is O=C(CO/N=C\c1ccccc1OC(F)F)Nc1cccc(F)c1. The molecule has 24 heavy (non-hydrogen) atoms. The lowest BCUT2D eigenvalue weighted by Gasteiger charge is -2.07. The molecule has 1 amide bonds. The van der Waals surface area contributed by atoms with Gasteiger partial charge in [0.15, 0.2) is 6.61 Å². The number of hydrogen-bond donors (Lipinski definition) is 1. The fourth-order valence-corrected chi connectivity index (χ4v) is 1.74. The van der Waals surface area contributed by atoms with E-state index < -0.39 is 24.9 Å². The second-order valence-corrected chi connectivity index (χ2v) is 4.48. The Hall–Kier alpha value is -3.03. The van der Waals surface area contributed by atoms with E-state index in [0.29, 0.717) is 0 Å². The predicted molar refractivity (Wildman–Crippen MR) is 81.6 cm³/mol. The molecule has 2 aromatic carbocycles. The van der Waals surface area contributed by atoms with Crippen LogP contribution in [0.5, 0.6) is 5.75 Å². The number of benzene rings is 2. The molecule has 0 aromatic heterocycles. The summed E-state index contributed by atoms with van der Waals surface area (Å²) in [5.74, 6) is -1.10. The van der Waals surface area contributed by atoms with E-state index in [-0.39, 0.29) is 17.0 Å². The topological polar surface area (TPSA) is 59.9 Å². The first-order valence-corrected chi connectivity index (χ1v) is 6.79. The van der Waals surface area contributed by atoms with Gasteiger partial charge in [0.25, 0.3) is 5.91 Å². The van der Waals surface area contributed by atoms with Gasteiger partial charge >= 0.3 is 6.61 Å². The lowest BCUT2D eigenvalue weighted by molar-refractivity contribution is -0.120. The standard InChI is InChI=1S/C16H13F3N2O3/c17-12-5-3-6-13(8-12)21-15(22)10-23-20-9-11-4-1-2-7-14(11)24-16(18)19/h1-9,16H,10H2,(H,21,22)/b20-9-. The zero-order valence-electron chi connectivity index (χ0n) is 12.3. The average Bonchev–Trinajstić information content (AvgIpc) is 2.52. The van der Waals surface area contributed by atoms with Crippen LogP contribution in [0.2, 0.25) is 0 Å². The number of carbonyl (C=O) groups is 1. The number of para-hydroxylation sites is 1. The highest BCUT2D eigenvalue weighted by Gasteiger charge is 2.08. The number of hydrogen-bond acceptors (Lipinski definition) is 4. The van der Waals surface area contributed by atoms with Gasteiger partial charge in [-0.3, -0.25) is 4.79 Å². The van der Waals surface area contributed by atoms with Crippen LogP contribution in [0.3, 0.4) is 0 Å². The number of oxime groups is 1. The lowest BCUT2D eigenvalue weighted by Crippen LogP contribution is -2.17. The first kappa shape index (κ1) is 17.3. The van der Waals surface area contributed by atoms with Gasteiger partial charge < -0.3 is 14.9 Å². The van der Waals surface area contributed by atoms with E-state index in [1.165, 1.54) is 36.4 Å². The van der Waals surface area contributed by atoms with Gasteiger partial charge in [-0.25, -0.2) is 4.39 Å². The first-order valence-electron chi connectivity index (χ1n) is 6.79. The van der Waals surface area contributed by atoms with E-state index in [0.717, 1.165) is 12.3 Å². The molecule has 1 N–H and O–H groups in total. The van der Waals surface area contributed by atoms with Crippen molar-refractivity contribution in [3.63, 3.8) is 0 Å². The molecule has 0 atom stereocenters. The number of amides is 1. The molecule has 0 radical (unpaired) electrons. The fraction of sp³-hybridized carbons (Fsp3) is 0.125. The fourth-order valence-electron chi connectivity index (χ4n) is 1.74. The number of anilines is 1. The molecule has 8 heteroatoms. The van der Waals surface area contributed by atoms with Crippen molar-refractivity contribution < 1.29 is 27.5 Å². The van der Waals surface area contributed by atoms with Crippen LogP contribution in [0.25, 0.3) is 0 Å². The minimum Gasteiger partial charge on any atom is -0.434 e. The largest absolute Gasteiger partial charge is 0.434 e. The highest BCUT2D eigenvalue weighted by molar-refractivity contribution is 5.91. The number of ether oxygens (including phenoxy) is 1. The van der Waals surface area contributed by atoms with E-state index in [1.54, 1.807) is 6.07 Å². The van der Waals surface area contributed by atoms with Gasteiger partial charge in [0.2, 0.25) is 0 Å². The van der Waals surface area contributed by atoms with Gasteiger partial charge in [-0.05, 0) is 30.3 Å². The third kappa shape index (κ3) is 5.64. The van der Waals surface area contributed by atoms with Crippen LogP contribution in [0, 0.1) is 5.82 Å². The van der Waals surface area contributed by atoms with Crippen LogP contribution in [0.15, 0.2) is 53.7 Å². The Labute approximate surface area is 135 Å². The van der Waals surface area contributed by atoms with Crippen molar-refractivity contribution in [3.8, 4) is 5.75 Å². The van der Waals surface area contributed by atoms with E-state index in [2.05, 4.69) is 15.2 Å². The summed E-state index contributed by atoms with van der Waals surface area (Å²) in [4.78, 5) is 16.4. The van der Waals surface area contributed by atoms with Gasteiger partial charge in [0.1, 0.15) is 11.6 Å². The summed E-state index contributed by atoms with van der Waals surface area (Å²) < 4.78 is 41.8. The van der Waals surface area contributed by atoms with Crippen molar-refractivity contribution in [2.24, 2.45) is 5.16 Å². The summed E-state index contributed by atoms with van der Waals surface area (Å²) >= 11 is 0. The molecular formula is C16H13F3N2O3. The molecule has 0 fully saturated rings. The smallest absolute Gasteiger partial charge is 0.387 e. The van der Waals surface area contributed by atoms with Crippen molar-refractivity contribution in [2.45, 2.75) is 6.61 Å². The molecule has 0 spiro atoms. The number of nitrogens with zero attached hydrogens (tertiary/aromatic N) is 1. The molecule has 2 aromatic rings. The molecule has 0 bridgehead atoms. The molecule has 0 saturated carbocycles. The van der Waals surface area contributed by atoms with Gasteiger partial charge in [-0.15, -0.1) is 0 Å². The van der Waals surface area contributed by atoms with Crippen LogP contribution in [-0.4, -0.2) is 25.3 Å². The molecule has 0 heterocycles. The van der Waals surface area contributed by atoms with E-state index in [9.17, 15) is 18.0 Å². The Bertz CT molecular complexity index is 723. The van der Waals surface area contributed by atoms with E-state index in [4.69, 9.17) is 4.84 Å². The zero-order chi connectivity index (χ0) is 17.4. The van der Waals surface area contributed by atoms with Crippen LogP contribution in [0.1, 0.15) is 5.56 Å². The molecule has 5 nitrogen and oxygen atoms in total. The Morgan fingerprint density at radius 2 is 2.00 bits per heavy atom. The quantitative estimate of drug-likeness (QED) is 0.622. The number of halogens is 3. The predicted octanol–water partition coefficient (Wildman–Crippen LogP) is 3.42. The highest BCUT2D eigenvalue weighted by atomic mass is 19.3. The Kier molecular flexibility index (Phi) is 6.18. The Morgan fingerprint density at radius 3 is 2.75 bits per heavy atom. The van der Waals surface area contributed by atoms with Crippen LogP contribution < -0.4 is 10.1 Å². The van der Waals surface area contributed by atoms with Crippen molar-refractivity contribution in [1.29, 1.82) is 0 Å². The normalized spacial score (nSPS) is 10.8. The number of alkyl halides is 2. The average molecular weight is 338 g/mol.